The lowest BCUT2D eigenvalue weighted by molar-refractivity contribution is 0.0634. The maximum Gasteiger partial charge on any atom is 0.272 e. The first kappa shape index (κ1) is 21.8. The minimum absolute atomic E-state index is 0.152. The zero-order valence-electron chi connectivity index (χ0n) is 19.3. The molecule has 2 amide bonds. The van der Waals surface area contributed by atoms with Gasteiger partial charge < -0.3 is 29.7 Å². The predicted octanol–water partition coefficient (Wildman–Crippen LogP) is 3.05. The van der Waals surface area contributed by atoms with Crippen molar-refractivity contribution < 1.29 is 23.8 Å². The lowest BCUT2D eigenvalue weighted by atomic mass is 9.92. The number of rotatable bonds is 4. The van der Waals surface area contributed by atoms with Crippen molar-refractivity contribution in [2.24, 2.45) is 0 Å². The number of benzene rings is 2. The third-order valence-electron chi connectivity index (χ3n) is 6.53. The van der Waals surface area contributed by atoms with Gasteiger partial charge in [-0.1, -0.05) is 6.07 Å². The average molecular weight is 463 g/mol. The molecule has 0 saturated carbocycles. The van der Waals surface area contributed by atoms with Crippen molar-refractivity contribution in [1.82, 2.24) is 15.2 Å². The van der Waals surface area contributed by atoms with Gasteiger partial charge in [-0.15, -0.1) is 0 Å². The Balaban J connectivity index is 1.36. The summed E-state index contributed by atoms with van der Waals surface area (Å²) in [6.45, 7) is 0.928. The molecule has 0 unspecified atom stereocenters. The molecule has 2 aliphatic rings. The molecule has 2 aromatic carbocycles. The van der Waals surface area contributed by atoms with Gasteiger partial charge in [0.25, 0.3) is 11.8 Å². The number of nitrogens with zero attached hydrogens (tertiary/aromatic N) is 2. The fraction of sp³-hybridized carbons (Fsp3) is 0.320. The van der Waals surface area contributed by atoms with Crippen LogP contribution in [-0.2, 0) is 0 Å². The zero-order valence-corrected chi connectivity index (χ0v) is 19.3. The molecule has 9 heteroatoms. The Morgan fingerprint density at radius 2 is 1.74 bits per heavy atom. The number of fused-ring (bicyclic) bond motifs is 2. The Labute approximate surface area is 197 Å². The highest BCUT2D eigenvalue weighted by Crippen LogP contribution is 2.35. The fourth-order valence-electron chi connectivity index (χ4n) is 4.66. The van der Waals surface area contributed by atoms with E-state index in [1.54, 1.807) is 44.4 Å². The molecule has 1 spiro atoms. The minimum Gasteiger partial charge on any atom is -0.497 e. The van der Waals surface area contributed by atoms with Crippen molar-refractivity contribution in [3.63, 3.8) is 0 Å². The summed E-state index contributed by atoms with van der Waals surface area (Å²) >= 11 is 0. The number of aromatic nitrogens is 1. The predicted molar refractivity (Wildman–Crippen MR) is 127 cm³/mol. The Kier molecular flexibility index (Phi) is 5.39. The number of hydrogen-bond donors (Lipinski definition) is 2. The van der Waals surface area contributed by atoms with Crippen LogP contribution < -0.4 is 24.8 Å². The number of hydrogen-bond acceptors (Lipinski definition) is 7. The van der Waals surface area contributed by atoms with Crippen molar-refractivity contribution >= 4 is 28.4 Å². The molecule has 0 radical (unpaired) electrons. The van der Waals surface area contributed by atoms with Crippen LogP contribution in [-0.4, -0.2) is 61.8 Å². The van der Waals surface area contributed by atoms with Crippen LogP contribution in [0.5, 0.6) is 17.2 Å². The first-order chi connectivity index (χ1) is 16.5. The largest absolute Gasteiger partial charge is 0.497 e. The standard InChI is InChI=1S/C25H26N4O5/c1-32-15-7-8-18-17(13-15)23(30)28-25(27-18)9-11-29(12-10-25)24(31)19-14-21(34-3)16-5-4-6-20(33-2)22(16)26-19/h4-8,13-14,27H,9-12H2,1-3H3,(H,28,30). The normalized spacial score (nSPS) is 16.4. The van der Waals surface area contributed by atoms with E-state index in [1.165, 1.54) is 0 Å². The summed E-state index contributed by atoms with van der Waals surface area (Å²) in [4.78, 5) is 32.5. The molecule has 2 aliphatic heterocycles. The van der Waals surface area contributed by atoms with Gasteiger partial charge in [-0.25, -0.2) is 4.98 Å². The SMILES string of the molecule is COc1ccc2c(c1)C(=O)NC1(CCN(C(=O)c3cc(OC)c4cccc(OC)c4n3)CC1)N2. The van der Waals surface area contributed by atoms with Crippen molar-refractivity contribution in [3.8, 4) is 17.2 Å². The molecule has 0 aliphatic carbocycles. The Morgan fingerprint density at radius 3 is 2.44 bits per heavy atom. The van der Waals surface area contributed by atoms with E-state index in [-0.39, 0.29) is 11.8 Å². The van der Waals surface area contributed by atoms with E-state index < -0.39 is 5.66 Å². The molecule has 34 heavy (non-hydrogen) atoms. The molecule has 0 bridgehead atoms. The Hall–Kier alpha value is -4.01. The van der Waals surface area contributed by atoms with Crippen LogP contribution in [0.3, 0.4) is 0 Å². The van der Waals surface area contributed by atoms with Crippen LogP contribution in [0.2, 0.25) is 0 Å². The molecular formula is C25H26N4O5. The summed E-state index contributed by atoms with van der Waals surface area (Å²) in [6.07, 6.45) is 1.12. The first-order valence-corrected chi connectivity index (χ1v) is 11.1. The van der Waals surface area contributed by atoms with Crippen LogP contribution in [0.1, 0.15) is 33.7 Å². The van der Waals surface area contributed by atoms with E-state index in [1.807, 2.05) is 24.3 Å². The number of piperidine rings is 1. The van der Waals surface area contributed by atoms with Crippen molar-refractivity contribution in [1.29, 1.82) is 0 Å². The summed E-state index contributed by atoms with van der Waals surface area (Å²) in [7, 11) is 4.71. The smallest absolute Gasteiger partial charge is 0.272 e. The van der Waals surface area contributed by atoms with Gasteiger partial charge in [-0.2, -0.15) is 0 Å². The molecule has 176 valence electrons. The number of anilines is 1. The molecule has 0 atom stereocenters. The van der Waals surface area contributed by atoms with Gasteiger partial charge in [-0.3, -0.25) is 9.59 Å². The van der Waals surface area contributed by atoms with E-state index in [4.69, 9.17) is 14.2 Å². The van der Waals surface area contributed by atoms with Gasteiger partial charge in [-0.05, 0) is 30.3 Å². The highest BCUT2D eigenvalue weighted by Gasteiger charge is 2.41. The molecule has 1 aromatic heterocycles. The molecule has 3 heterocycles. The number of likely N-dealkylation sites (tertiary alicyclic amines) is 1. The molecular weight excluding hydrogens is 436 g/mol. The lowest BCUT2D eigenvalue weighted by Crippen LogP contribution is -2.62. The number of ether oxygens (including phenoxy) is 3. The maximum atomic E-state index is 13.4. The fourth-order valence-corrected chi connectivity index (χ4v) is 4.66. The highest BCUT2D eigenvalue weighted by molar-refractivity contribution is 6.03. The van der Waals surface area contributed by atoms with Crippen molar-refractivity contribution in [2.75, 3.05) is 39.7 Å². The van der Waals surface area contributed by atoms with Crippen LogP contribution in [0, 0.1) is 0 Å². The average Bonchev–Trinajstić information content (AvgIpc) is 2.87. The maximum absolute atomic E-state index is 13.4. The van der Waals surface area contributed by atoms with Crippen molar-refractivity contribution in [3.05, 3.63) is 53.7 Å². The van der Waals surface area contributed by atoms with Gasteiger partial charge >= 0.3 is 0 Å². The van der Waals surface area contributed by atoms with Crippen molar-refractivity contribution in [2.45, 2.75) is 18.5 Å². The second-order valence-corrected chi connectivity index (χ2v) is 8.43. The number of para-hydroxylation sites is 1. The quantitative estimate of drug-likeness (QED) is 0.614. The zero-order chi connectivity index (χ0) is 23.9. The van der Waals surface area contributed by atoms with E-state index in [0.29, 0.717) is 60.0 Å². The van der Waals surface area contributed by atoms with Gasteiger partial charge in [0.1, 0.15) is 34.1 Å². The van der Waals surface area contributed by atoms with Gasteiger partial charge in [0.15, 0.2) is 0 Å². The second-order valence-electron chi connectivity index (χ2n) is 8.43. The van der Waals surface area contributed by atoms with Gasteiger partial charge in [0, 0.05) is 43.1 Å². The van der Waals surface area contributed by atoms with Crippen LogP contribution in [0.15, 0.2) is 42.5 Å². The molecule has 1 saturated heterocycles. The molecule has 2 N–H and O–H groups in total. The van der Waals surface area contributed by atoms with E-state index in [9.17, 15) is 9.59 Å². The monoisotopic (exact) mass is 462 g/mol. The van der Waals surface area contributed by atoms with Gasteiger partial charge in [0.2, 0.25) is 0 Å². The topological polar surface area (TPSA) is 102 Å². The molecule has 9 nitrogen and oxygen atoms in total. The summed E-state index contributed by atoms with van der Waals surface area (Å²) in [6, 6.07) is 12.6. The van der Waals surface area contributed by atoms with Crippen LogP contribution in [0.4, 0.5) is 5.69 Å². The number of carbonyl (C=O) groups is 2. The lowest BCUT2D eigenvalue weighted by Gasteiger charge is -2.45. The Bertz CT molecular complexity index is 1280. The first-order valence-electron chi connectivity index (χ1n) is 11.1. The second kappa shape index (κ2) is 8.40. The summed E-state index contributed by atoms with van der Waals surface area (Å²) in [5.41, 5.74) is 1.58. The number of methoxy groups -OCH3 is 3. The highest BCUT2D eigenvalue weighted by atomic mass is 16.5. The summed E-state index contributed by atoms with van der Waals surface area (Å²) < 4.78 is 16.2. The summed E-state index contributed by atoms with van der Waals surface area (Å²) in [5.74, 6) is 1.43. The number of carbonyl (C=O) groups excluding carboxylic acids is 2. The van der Waals surface area contributed by atoms with Gasteiger partial charge in [0.05, 0.1) is 26.9 Å². The van der Waals surface area contributed by atoms with Crippen LogP contribution >= 0.6 is 0 Å². The Morgan fingerprint density at radius 1 is 0.971 bits per heavy atom. The van der Waals surface area contributed by atoms with Crippen LogP contribution in [0.25, 0.3) is 10.9 Å². The molecule has 5 rings (SSSR count). The number of pyridine rings is 1. The third kappa shape index (κ3) is 3.63. The summed E-state index contributed by atoms with van der Waals surface area (Å²) in [5, 5.41) is 7.35. The minimum atomic E-state index is -0.604. The molecule has 1 fully saturated rings. The number of nitrogens with one attached hydrogen (secondary N) is 2. The van der Waals surface area contributed by atoms with E-state index in [0.717, 1.165) is 11.1 Å². The van der Waals surface area contributed by atoms with E-state index in [2.05, 4.69) is 15.6 Å². The molecule has 3 aromatic rings. The number of amides is 2. The third-order valence-corrected chi connectivity index (χ3v) is 6.53. The van der Waals surface area contributed by atoms with E-state index >= 15 is 0 Å².